The van der Waals surface area contributed by atoms with Crippen molar-refractivity contribution in [3.63, 3.8) is 0 Å². The highest BCUT2D eigenvalue weighted by Gasteiger charge is 2.12. The minimum Gasteiger partial charge on any atom is -0.328 e. The summed E-state index contributed by atoms with van der Waals surface area (Å²) in [5, 5.41) is 0. The monoisotopic (exact) mass is 183 g/mol. The van der Waals surface area contributed by atoms with E-state index < -0.39 is 0 Å². The van der Waals surface area contributed by atoms with Gasteiger partial charge in [0.2, 0.25) is 0 Å². The Morgan fingerprint density at radius 2 is 1.77 bits per heavy atom. The van der Waals surface area contributed by atoms with Crippen molar-refractivity contribution in [3.8, 4) is 0 Å². The third-order valence-corrected chi connectivity index (χ3v) is 2.15. The van der Waals surface area contributed by atoms with E-state index in [1.54, 1.807) is 0 Å². The van der Waals surface area contributed by atoms with Crippen molar-refractivity contribution in [2.45, 2.75) is 53.0 Å². The average molecular weight is 183 g/mol. The lowest BCUT2D eigenvalue weighted by Gasteiger charge is -2.20. The van der Waals surface area contributed by atoms with E-state index in [0.29, 0.717) is 6.04 Å². The summed E-state index contributed by atoms with van der Waals surface area (Å²) in [4.78, 5) is 0. The van der Waals surface area contributed by atoms with Gasteiger partial charge >= 0.3 is 0 Å². The molecule has 0 aliphatic rings. The van der Waals surface area contributed by atoms with E-state index in [1.165, 1.54) is 12.0 Å². The maximum atomic E-state index is 5.82. The zero-order chi connectivity index (χ0) is 10.4. The second-order valence-electron chi connectivity index (χ2n) is 4.87. The van der Waals surface area contributed by atoms with Crippen LogP contribution in [0.5, 0.6) is 0 Å². The number of hydrogen-bond donors (Lipinski definition) is 1. The van der Waals surface area contributed by atoms with Crippen molar-refractivity contribution < 1.29 is 0 Å². The van der Waals surface area contributed by atoms with E-state index in [9.17, 15) is 0 Å². The van der Waals surface area contributed by atoms with Gasteiger partial charge in [0.25, 0.3) is 0 Å². The normalized spacial score (nSPS) is 15.8. The van der Waals surface area contributed by atoms with Gasteiger partial charge in [-0.05, 0) is 44.9 Å². The van der Waals surface area contributed by atoms with Gasteiger partial charge in [-0.1, -0.05) is 19.4 Å². The maximum absolute atomic E-state index is 5.82. The third-order valence-electron chi connectivity index (χ3n) is 2.15. The van der Waals surface area contributed by atoms with Crippen LogP contribution >= 0.6 is 0 Å². The SMILES string of the molecule is C=C(C)CC(CC(C)C)C[C@H](C)N. The molecule has 1 unspecified atom stereocenters. The predicted octanol–water partition coefficient (Wildman–Crippen LogP) is 3.35. The van der Waals surface area contributed by atoms with Gasteiger partial charge < -0.3 is 5.73 Å². The van der Waals surface area contributed by atoms with Gasteiger partial charge in [-0.25, -0.2) is 0 Å². The Balaban J connectivity index is 3.95. The molecule has 13 heavy (non-hydrogen) atoms. The van der Waals surface area contributed by atoms with Crippen LogP contribution in [0.4, 0.5) is 0 Å². The summed E-state index contributed by atoms with van der Waals surface area (Å²) in [7, 11) is 0. The summed E-state index contributed by atoms with van der Waals surface area (Å²) < 4.78 is 0. The van der Waals surface area contributed by atoms with Crippen LogP contribution in [0, 0.1) is 11.8 Å². The number of hydrogen-bond acceptors (Lipinski definition) is 1. The van der Waals surface area contributed by atoms with Crippen LogP contribution in [-0.4, -0.2) is 6.04 Å². The lowest BCUT2D eigenvalue weighted by atomic mass is 9.87. The third kappa shape index (κ3) is 8.04. The van der Waals surface area contributed by atoms with E-state index in [-0.39, 0.29) is 0 Å². The second kappa shape index (κ2) is 6.20. The highest BCUT2D eigenvalue weighted by Crippen LogP contribution is 2.23. The average Bonchev–Trinajstić information content (AvgIpc) is 1.80. The van der Waals surface area contributed by atoms with Crippen LogP contribution in [0.1, 0.15) is 47.0 Å². The van der Waals surface area contributed by atoms with Gasteiger partial charge in [-0.2, -0.15) is 0 Å². The zero-order valence-corrected chi connectivity index (χ0v) is 9.64. The van der Waals surface area contributed by atoms with Crippen molar-refractivity contribution in [1.82, 2.24) is 0 Å². The largest absolute Gasteiger partial charge is 0.328 e. The summed E-state index contributed by atoms with van der Waals surface area (Å²) in [5.74, 6) is 1.50. The topological polar surface area (TPSA) is 26.0 Å². The molecule has 1 nitrogen and oxygen atoms in total. The molecule has 2 N–H and O–H groups in total. The quantitative estimate of drug-likeness (QED) is 0.628. The van der Waals surface area contributed by atoms with Crippen molar-refractivity contribution in [1.29, 1.82) is 0 Å². The molecule has 0 bridgehead atoms. The van der Waals surface area contributed by atoms with Gasteiger partial charge in [0.1, 0.15) is 0 Å². The summed E-state index contributed by atoms with van der Waals surface area (Å²) >= 11 is 0. The molecule has 0 aromatic rings. The predicted molar refractivity (Wildman–Crippen MR) is 60.6 cm³/mol. The molecular weight excluding hydrogens is 158 g/mol. The fourth-order valence-electron chi connectivity index (χ4n) is 1.95. The van der Waals surface area contributed by atoms with Gasteiger partial charge in [0, 0.05) is 6.04 Å². The molecule has 0 aromatic carbocycles. The van der Waals surface area contributed by atoms with Crippen LogP contribution < -0.4 is 5.73 Å². The first-order chi connectivity index (χ1) is 5.91. The molecule has 0 rings (SSSR count). The van der Waals surface area contributed by atoms with Crippen LogP contribution in [-0.2, 0) is 0 Å². The van der Waals surface area contributed by atoms with Crippen LogP contribution in [0.2, 0.25) is 0 Å². The lowest BCUT2D eigenvalue weighted by Crippen LogP contribution is -2.20. The molecule has 0 fully saturated rings. The Kier molecular flexibility index (Phi) is 6.06. The standard InChI is InChI=1S/C12H25N/c1-9(2)6-12(7-10(3)4)8-11(5)13/h10-12H,1,6-8,13H2,2-5H3/t11-,12?/m0/s1. The number of rotatable bonds is 6. The van der Waals surface area contributed by atoms with Crippen LogP contribution in [0.15, 0.2) is 12.2 Å². The summed E-state index contributed by atoms with van der Waals surface area (Å²) in [6.45, 7) is 12.7. The summed E-state index contributed by atoms with van der Waals surface area (Å²) in [6.07, 6.45) is 3.54. The fraction of sp³-hybridized carbons (Fsp3) is 0.833. The lowest BCUT2D eigenvalue weighted by molar-refractivity contribution is 0.363. The molecular formula is C12H25N. The van der Waals surface area contributed by atoms with Crippen LogP contribution in [0.3, 0.4) is 0 Å². The molecule has 0 aliphatic carbocycles. The Bertz CT molecular complexity index is 137. The maximum Gasteiger partial charge on any atom is 0.00132 e. The van der Waals surface area contributed by atoms with E-state index in [2.05, 4.69) is 34.3 Å². The van der Waals surface area contributed by atoms with Crippen molar-refractivity contribution in [2.24, 2.45) is 17.6 Å². The number of allylic oxidation sites excluding steroid dienone is 1. The second-order valence-corrected chi connectivity index (χ2v) is 4.87. The van der Waals surface area contributed by atoms with Crippen molar-refractivity contribution >= 4 is 0 Å². The molecule has 0 amide bonds. The van der Waals surface area contributed by atoms with Gasteiger partial charge in [0.15, 0.2) is 0 Å². The minimum atomic E-state index is 0.322. The molecule has 1 heteroatoms. The molecule has 0 aromatic heterocycles. The molecule has 0 saturated heterocycles. The Hall–Kier alpha value is -0.300. The summed E-state index contributed by atoms with van der Waals surface area (Å²) in [5.41, 5.74) is 7.10. The number of nitrogens with two attached hydrogens (primary N) is 1. The van der Waals surface area contributed by atoms with Crippen molar-refractivity contribution in [3.05, 3.63) is 12.2 Å². The Morgan fingerprint density at radius 1 is 1.23 bits per heavy atom. The zero-order valence-electron chi connectivity index (χ0n) is 9.64. The minimum absolute atomic E-state index is 0.322. The molecule has 0 spiro atoms. The molecule has 0 saturated carbocycles. The highest BCUT2D eigenvalue weighted by atomic mass is 14.6. The molecule has 0 radical (unpaired) electrons. The van der Waals surface area contributed by atoms with E-state index in [1.807, 2.05) is 0 Å². The van der Waals surface area contributed by atoms with E-state index in [0.717, 1.165) is 24.7 Å². The van der Waals surface area contributed by atoms with Crippen molar-refractivity contribution in [2.75, 3.05) is 0 Å². The summed E-state index contributed by atoms with van der Waals surface area (Å²) in [6, 6.07) is 0.322. The van der Waals surface area contributed by atoms with Crippen LogP contribution in [0.25, 0.3) is 0 Å². The molecule has 0 aliphatic heterocycles. The van der Waals surface area contributed by atoms with E-state index in [4.69, 9.17) is 5.73 Å². The molecule has 78 valence electrons. The first-order valence-electron chi connectivity index (χ1n) is 5.31. The van der Waals surface area contributed by atoms with Gasteiger partial charge in [-0.3, -0.25) is 0 Å². The van der Waals surface area contributed by atoms with Gasteiger partial charge in [0.05, 0.1) is 0 Å². The Labute approximate surface area is 83.4 Å². The van der Waals surface area contributed by atoms with E-state index >= 15 is 0 Å². The first kappa shape index (κ1) is 12.7. The molecule has 2 atom stereocenters. The first-order valence-corrected chi connectivity index (χ1v) is 5.31. The molecule has 0 heterocycles. The fourth-order valence-corrected chi connectivity index (χ4v) is 1.95. The highest BCUT2D eigenvalue weighted by molar-refractivity contribution is 4.91. The smallest absolute Gasteiger partial charge is 0.00132 e. The van der Waals surface area contributed by atoms with Gasteiger partial charge in [-0.15, -0.1) is 6.58 Å². The Morgan fingerprint density at radius 3 is 2.08 bits per heavy atom.